The van der Waals surface area contributed by atoms with E-state index in [0.717, 1.165) is 16.9 Å². The van der Waals surface area contributed by atoms with Gasteiger partial charge >= 0.3 is 34.5 Å². The number of carbonyl (C=O) groups excluding carboxylic acids is 2. The summed E-state index contributed by atoms with van der Waals surface area (Å²) in [5.41, 5.74) is 9.50. The Labute approximate surface area is 476 Å². The molecule has 404 valence electrons. The van der Waals surface area contributed by atoms with Gasteiger partial charge in [-0.25, -0.2) is 9.97 Å². The number of halogens is 5. The standard InChI is InChI=1S/C22H23BrN4O5.C13H11BrClN3O3.C9H13NO2.C6H15N.2ClH.Zn/c1-12-9-13(10-17(30-4)18(12)31-5)26-22-25-11-15(23)21(27-22)32-19-14(20(28)24-2)7-6-8-16(19)29-3;1-16-11(19)7-4-3-5-9(20-2)10(7)21-12-8(14)6-17-13(15)18-12;1-6-4-7(10)5-8(11-2)9(6)12-3;1-4-7(5-2)6-3;;;/h6-11H,1-5H3,(H,24,28)(H,25,26,27);3-6H,1-2H3,(H,16,19);4-5H,10H2,1-3H3;4-6H2,1-3H3;2*1H;/q;;;;;;+2/p-2. The number of nitrogen functional groups attached to an aromatic ring is 1. The van der Waals surface area contributed by atoms with Crippen LogP contribution in [0.1, 0.15) is 52.6 Å². The molecular formula is C50H62Br2Cl3N9O10Zn. The molecule has 0 spiro atoms. The fourth-order valence-corrected chi connectivity index (χ4v) is 7.15. The van der Waals surface area contributed by atoms with Gasteiger partial charge < -0.3 is 64.5 Å². The first-order valence-electron chi connectivity index (χ1n) is 22.6. The van der Waals surface area contributed by atoms with E-state index in [4.69, 9.17) is 74.6 Å². The Morgan fingerprint density at radius 3 is 1.47 bits per heavy atom. The number of nitrogens with zero attached hydrogens (tertiary/aromatic N) is 5. The molecule has 25 heteroatoms. The summed E-state index contributed by atoms with van der Waals surface area (Å²) in [6.07, 6.45) is 3.01. The Morgan fingerprint density at radius 2 is 1.05 bits per heavy atom. The van der Waals surface area contributed by atoms with Crippen LogP contribution in [0.3, 0.4) is 0 Å². The average Bonchev–Trinajstić information content (AvgIpc) is 3.41. The van der Waals surface area contributed by atoms with Crippen LogP contribution in [-0.4, -0.2) is 113 Å². The predicted octanol–water partition coefficient (Wildman–Crippen LogP) is 11.8. The molecule has 0 fully saturated rings. The fraction of sp³-hybridized carbons (Fsp3) is 0.320. The molecule has 19 nitrogen and oxygen atoms in total. The number of amides is 2. The van der Waals surface area contributed by atoms with Gasteiger partial charge in [-0.15, -0.1) is 0 Å². The van der Waals surface area contributed by atoms with E-state index >= 15 is 0 Å². The molecular weight excluding hydrogens is 1220 g/mol. The molecule has 2 heterocycles. The van der Waals surface area contributed by atoms with E-state index in [2.05, 4.69) is 93.4 Å². The van der Waals surface area contributed by atoms with Gasteiger partial charge in [0.25, 0.3) is 11.8 Å². The number of ether oxygens (including phenoxy) is 8. The van der Waals surface area contributed by atoms with E-state index < -0.39 is 15.1 Å². The van der Waals surface area contributed by atoms with Crippen LogP contribution in [0.4, 0.5) is 17.3 Å². The average molecular weight is 1280 g/mol. The third-order valence-corrected chi connectivity index (χ3v) is 11.4. The van der Waals surface area contributed by atoms with Crippen molar-refractivity contribution in [1.29, 1.82) is 0 Å². The summed E-state index contributed by atoms with van der Waals surface area (Å²) in [5.74, 6) is 3.97. The molecule has 4 aromatic carbocycles. The molecule has 0 radical (unpaired) electrons. The van der Waals surface area contributed by atoms with E-state index in [1.165, 1.54) is 47.1 Å². The Bertz CT molecular complexity index is 2770. The van der Waals surface area contributed by atoms with Gasteiger partial charge in [0.05, 0.1) is 68.9 Å². The van der Waals surface area contributed by atoms with Crippen LogP contribution < -0.4 is 59.6 Å². The zero-order valence-corrected chi connectivity index (χ0v) is 52.4. The molecule has 0 bridgehead atoms. The molecule has 0 saturated carbocycles. The van der Waals surface area contributed by atoms with Gasteiger partial charge in [0.15, 0.2) is 46.0 Å². The molecule has 5 N–H and O–H groups in total. The van der Waals surface area contributed by atoms with Crippen LogP contribution in [0.5, 0.6) is 57.8 Å². The SMILES string of the molecule is CCN(CC)CC.CNC(=O)c1cccc(OC)c1Oc1nc(Cl)ncc1Br.CNC(=O)c1cccc(OC)c1Oc1nc(Nc2cc(C)c(OC)c(OC)c2)ncc1Br.COc1cc(N)cc(C)c1OC.[Cl][Zn][Cl]. The summed E-state index contributed by atoms with van der Waals surface area (Å²) in [6, 6.07) is 17.3. The number of aryl methyl sites for hydroxylation is 2. The first-order valence-corrected chi connectivity index (χ1v) is 32.4. The number of carbonyl (C=O) groups is 2. The van der Waals surface area contributed by atoms with Crippen molar-refractivity contribution in [2.45, 2.75) is 34.6 Å². The van der Waals surface area contributed by atoms with E-state index in [-0.39, 0.29) is 46.3 Å². The van der Waals surface area contributed by atoms with E-state index in [0.29, 0.717) is 60.2 Å². The number of rotatable bonds is 17. The quantitative estimate of drug-likeness (QED) is 0.0378. The number of aromatic nitrogens is 4. The van der Waals surface area contributed by atoms with Gasteiger partial charge in [-0.05, 0) is 124 Å². The van der Waals surface area contributed by atoms with Crippen molar-refractivity contribution in [2.24, 2.45) is 0 Å². The third kappa shape index (κ3) is 20.1. The molecule has 0 aliphatic heterocycles. The second-order valence-electron chi connectivity index (χ2n) is 14.6. The van der Waals surface area contributed by atoms with Gasteiger partial charge in [-0.3, -0.25) is 9.59 Å². The predicted molar refractivity (Wildman–Crippen MR) is 299 cm³/mol. The molecule has 2 aromatic heterocycles. The van der Waals surface area contributed by atoms with Crippen LogP contribution >= 0.6 is 62.8 Å². The molecule has 0 saturated heterocycles. The molecule has 0 aliphatic rings. The second-order valence-corrected chi connectivity index (χ2v) is 21.3. The molecule has 6 aromatic rings. The molecule has 0 aliphatic carbocycles. The Hall–Kier alpha value is -5.61. The van der Waals surface area contributed by atoms with Crippen LogP contribution in [0, 0.1) is 13.8 Å². The zero-order valence-electron chi connectivity index (χ0n) is 44.0. The zero-order chi connectivity index (χ0) is 56.2. The maximum absolute atomic E-state index is 12.3. The number of anilines is 3. The summed E-state index contributed by atoms with van der Waals surface area (Å²) >= 11 is 11.5. The summed E-state index contributed by atoms with van der Waals surface area (Å²) in [6.45, 7) is 14.0. The summed E-state index contributed by atoms with van der Waals surface area (Å²) in [4.78, 5) is 43.1. The topological polar surface area (TPSA) is 225 Å². The van der Waals surface area contributed by atoms with Crippen molar-refractivity contribution in [2.75, 3.05) is 87.4 Å². The van der Waals surface area contributed by atoms with Crippen molar-refractivity contribution in [3.63, 3.8) is 0 Å². The number of benzene rings is 4. The molecule has 6 rings (SSSR count). The molecule has 0 unspecified atom stereocenters. The van der Waals surface area contributed by atoms with E-state index in [1.807, 2.05) is 26.0 Å². The minimum atomic E-state index is -0.931. The van der Waals surface area contributed by atoms with Crippen LogP contribution in [0.2, 0.25) is 5.28 Å². The maximum atomic E-state index is 12.3. The van der Waals surface area contributed by atoms with Crippen molar-refractivity contribution < 1.29 is 62.6 Å². The molecule has 0 atom stereocenters. The van der Waals surface area contributed by atoms with Gasteiger partial charge in [0, 0.05) is 43.8 Å². The van der Waals surface area contributed by atoms with Gasteiger partial charge in [-0.1, -0.05) is 32.9 Å². The van der Waals surface area contributed by atoms with Gasteiger partial charge in [0.1, 0.15) is 0 Å². The van der Waals surface area contributed by atoms with Crippen molar-refractivity contribution in [3.8, 4) is 57.8 Å². The molecule has 2 amide bonds. The van der Waals surface area contributed by atoms with Crippen molar-refractivity contribution in [1.82, 2.24) is 35.5 Å². The normalized spacial score (nSPS) is 9.85. The first kappa shape index (κ1) is 65.5. The number of hydrogen-bond acceptors (Lipinski definition) is 17. The number of nitrogens with one attached hydrogen (secondary N) is 3. The number of para-hydroxylation sites is 2. The number of nitrogens with two attached hydrogens (primary N) is 1. The Morgan fingerprint density at radius 1 is 0.627 bits per heavy atom. The van der Waals surface area contributed by atoms with Crippen LogP contribution in [-0.2, 0) is 15.1 Å². The Kier molecular flexibility index (Phi) is 30.4. The van der Waals surface area contributed by atoms with Crippen LogP contribution in [0.15, 0.2) is 82.0 Å². The van der Waals surface area contributed by atoms with Crippen molar-refractivity contribution >= 4 is 92.0 Å². The second kappa shape index (κ2) is 34.9. The van der Waals surface area contributed by atoms with Crippen molar-refractivity contribution in [3.05, 3.63) is 110 Å². The first-order chi connectivity index (χ1) is 35.9. The van der Waals surface area contributed by atoms with Gasteiger partial charge in [-0.2, -0.15) is 9.97 Å². The summed E-state index contributed by atoms with van der Waals surface area (Å²) < 4.78 is 44.3. The monoisotopic (exact) mass is 1280 g/mol. The third-order valence-electron chi connectivity index (χ3n) is 10.1. The summed E-state index contributed by atoms with van der Waals surface area (Å²) in [5, 5.41) is 8.29. The minimum absolute atomic E-state index is 0.0320. The fourth-order valence-electron chi connectivity index (χ4n) is 6.48. The summed E-state index contributed by atoms with van der Waals surface area (Å²) in [7, 11) is 22.3. The van der Waals surface area contributed by atoms with E-state index in [9.17, 15) is 9.59 Å². The molecule has 75 heavy (non-hydrogen) atoms. The number of methoxy groups -OCH3 is 6. The van der Waals surface area contributed by atoms with Crippen LogP contribution in [0.25, 0.3) is 0 Å². The Balaban J connectivity index is 0.000000381. The number of hydrogen-bond donors (Lipinski definition) is 4. The van der Waals surface area contributed by atoms with Gasteiger partial charge in [0.2, 0.25) is 23.0 Å². The van der Waals surface area contributed by atoms with E-state index in [1.54, 1.807) is 90.2 Å².